The van der Waals surface area contributed by atoms with Crippen LogP contribution in [0.15, 0.2) is 42.7 Å². The lowest BCUT2D eigenvalue weighted by molar-refractivity contribution is -0.128. The van der Waals surface area contributed by atoms with Crippen LogP contribution in [0.1, 0.15) is 76.8 Å². The molecular formula is C28H41N5O5. The van der Waals surface area contributed by atoms with Crippen molar-refractivity contribution < 1.29 is 24.2 Å². The van der Waals surface area contributed by atoms with Gasteiger partial charge in [-0.25, -0.2) is 9.78 Å². The van der Waals surface area contributed by atoms with E-state index in [1.807, 2.05) is 30.3 Å². The molecule has 1 aliphatic rings. The van der Waals surface area contributed by atoms with E-state index in [0.717, 1.165) is 31.2 Å². The van der Waals surface area contributed by atoms with Crippen molar-refractivity contribution in [2.24, 2.45) is 5.92 Å². The van der Waals surface area contributed by atoms with E-state index in [4.69, 9.17) is 4.74 Å². The molecule has 1 fully saturated rings. The Labute approximate surface area is 224 Å². The highest BCUT2D eigenvalue weighted by Gasteiger charge is 2.29. The maximum Gasteiger partial charge on any atom is 0.408 e. The molecule has 208 valence electrons. The van der Waals surface area contributed by atoms with E-state index in [2.05, 4.69) is 25.9 Å². The lowest BCUT2D eigenvalue weighted by Crippen LogP contribution is -2.52. The zero-order valence-electron chi connectivity index (χ0n) is 22.5. The molecular weight excluding hydrogens is 486 g/mol. The van der Waals surface area contributed by atoms with Crippen LogP contribution >= 0.6 is 0 Å². The van der Waals surface area contributed by atoms with E-state index in [1.54, 1.807) is 33.2 Å². The summed E-state index contributed by atoms with van der Waals surface area (Å²) in [5, 5.41) is 19.1. The summed E-state index contributed by atoms with van der Waals surface area (Å²) in [5.74, 6) is -0.146. The van der Waals surface area contributed by atoms with Crippen LogP contribution in [0.2, 0.25) is 0 Å². The highest BCUT2D eigenvalue weighted by molar-refractivity contribution is 5.89. The lowest BCUT2D eigenvalue weighted by atomic mass is 9.83. The second-order valence-electron chi connectivity index (χ2n) is 10.9. The van der Waals surface area contributed by atoms with Crippen molar-refractivity contribution in [2.75, 3.05) is 6.54 Å². The molecule has 0 radical (unpaired) electrons. The highest BCUT2D eigenvalue weighted by Crippen LogP contribution is 2.30. The molecule has 10 nitrogen and oxygen atoms in total. The molecule has 0 saturated heterocycles. The minimum Gasteiger partial charge on any atom is -0.444 e. The number of imidazole rings is 1. The summed E-state index contributed by atoms with van der Waals surface area (Å²) in [6, 6.07) is 7.79. The van der Waals surface area contributed by atoms with Gasteiger partial charge in [-0.2, -0.15) is 0 Å². The third-order valence-electron chi connectivity index (χ3n) is 6.55. The van der Waals surface area contributed by atoms with E-state index in [9.17, 15) is 19.5 Å². The van der Waals surface area contributed by atoms with E-state index in [1.165, 1.54) is 6.42 Å². The van der Waals surface area contributed by atoms with Crippen LogP contribution in [-0.2, 0) is 20.7 Å². The summed E-state index contributed by atoms with van der Waals surface area (Å²) >= 11 is 0. The standard InChI is InChI=1S/C28H41N5O5/c1-28(2,3)38-27(37)33-22(17-20-12-8-5-9-13-20)26(36)31-18-23(34)32-21(16-19-10-6-4-7-11-19)24(35)25-29-14-15-30-25/h5,8-9,12-15,19,21-22,24,35H,4,6-7,10-11,16-18H2,1-3H3,(H,29,30)(H,31,36)(H,32,34)(H,33,37)/t21-,22-,24?/m0/s1. The number of H-pyrrole nitrogens is 1. The third-order valence-corrected chi connectivity index (χ3v) is 6.55. The third kappa shape index (κ3) is 9.81. The number of nitrogens with zero attached hydrogens (tertiary/aromatic N) is 1. The first-order chi connectivity index (χ1) is 18.1. The Balaban J connectivity index is 1.61. The summed E-state index contributed by atoms with van der Waals surface area (Å²) in [7, 11) is 0. The maximum absolute atomic E-state index is 13.1. The summed E-state index contributed by atoms with van der Waals surface area (Å²) in [5.41, 5.74) is 0.127. The van der Waals surface area contributed by atoms with Gasteiger partial charge in [-0.3, -0.25) is 9.59 Å². The van der Waals surface area contributed by atoms with Crippen molar-refractivity contribution >= 4 is 17.9 Å². The van der Waals surface area contributed by atoms with Gasteiger partial charge in [-0.05, 0) is 38.7 Å². The first-order valence-corrected chi connectivity index (χ1v) is 13.4. The number of aromatic nitrogens is 2. The second kappa shape index (κ2) is 13.9. The van der Waals surface area contributed by atoms with Crippen LogP contribution in [0.5, 0.6) is 0 Å². The zero-order valence-corrected chi connectivity index (χ0v) is 22.5. The summed E-state index contributed by atoms with van der Waals surface area (Å²) < 4.78 is 5.32. The van der Waals surface area contributed by atoms with Gasteiger partial charge in [0.2, 0.25) is 11.8 Å². The first kappa shape index (κ1) is 29.2. The van der Waals surface area contributed by atoms with Crippen LogP contribution in [0.4, 0.5) is 4.79 Å². The average molecular weight is 528 g/mol. The molecule has 1 unspecified atom stereocenters. The molecule has 1 saturated carbocycles. The van der Waals surface area contributed by atoms with Gasteiger partial charge >= 0.3 is 6.09 Å². The number of carbonyl (C=O) groups is 3. The molecule has 38 heavy (non-hydrogen) atoms. The molecule has 3 atom stereocenters. The number of aliphatic hydroxyl groups is 1. The van der Waals surface area contributed by atoms with Crippen molar-refractivity contribution in [1.29, 1.82) is 0 Å². The van der Waals surface area contributed by atoms with Crippen molar-refractivity contribution in [1.82, 2.24) is 25.9 Å². The Bertz CT molecular complexity index is 1020. The van der Waals surface area contributed by atoms with E-state index in [0.29, 0.717) is 18.2 Å². The molecule has 5 N–H and O–H groups in total. The number of rotatable bonds is 11. The summed E-state index contributed by atoms with van der Waals surface area (Å²) in [6.45, 7) is 4.92. The number of ether oxygens (including phenoxy) is 1. The van der Waals surface area contributed by atoms with Gasteiger partial charge in [-0.15, -0.1) is 0 Å². The number of hydrogen-bond donors (Lipinski definition) is 5. The van der Waals surface area contributed by atoms with Gasteiger partial charge in [0.05, 0.1) is 12.6 Å². The Morgan fingerprint density at radius 3 is 2.45 bits per heavy atom. The predicted molar refractivity (Wildman–Crippen MR) is 143 cm³/mol. The number of hydrogen-bond acceptors (Lipinski definition) is 6. The molecule has 10 heteroatoms. The summed E-state index contributed by atoms with van der Waals surface area (Å²) in [4.78, 5) is 45.4. The van der Waals surface area contributed by atoms with Gasteiger partial charge in [0.1, 0.15) is 23.6 Å². The van der Waals surface area contributed by atoms with Gasteiger partial charge in [0.15, 0.2) is 0 Å². The number of nitrogens with one attached hydrogen (secondary N) is 4. The topological polar surface area (TPSA) is 145 Å². The molecule has 2 aromatic rings. The van der Waals surface area contributed by atoms with E-state index in [-0.39, 0.29) is 13.0 Å². The number of aliphatic hydroxyl groups excluding tert-OH is 1. The monoisotopic (exact) mass is 527 g/mol. The van der Waals surface area contributed by atoms with Crippen molar-refractivity contribution in [2.45, 2.75) is 89.5 Å². The molecule has 0 bridgehead atoms. The van der Waals surface area contributed by atoms with Gasteiger partial charge < -0.3 is 30.8 Å². The van der Waals surface area contributed by atoms with E-state index >= 15 is 0 Å². The predicted octanol–water partition coefficient (Wildman–Crippen LogP) is 3.15. The molecule has 0 aliphatic heterocycles. The van der Waals surface area contributed by atoms with Crippen LogP contribution in [-0.4, -0.2) is 57.2 Å². The SMILES string of the molecule is CC(C)(C)OC(=O)N[C@@H](Cc1ccccc1)C(=O)NCC(=O)N[C@@H](CC1CCCCC1)C(O)c1ncc[nH]1. The first-order valence-electron chi connectivity index (χ1n) is 13.4. The van der Waals surface area contributed by atoms with Crippen LogP contribution in [0, 0.1) is 5.92 Å². The van der Waals surface area contributed by atoms with Crippen molar-refractivity contribution in [3.63, 3.8) is 0 Å². The molecule has 1 heterocycles. The zero-order chi connectivity index (χ0) is 27.5. The van der Waals surface area contributed by atoms with E-state index < -0.39 is 41.7 Å². The average Bonchev–Trinajstić information content (AvgIpc) is 3.41. The van der Waals surface area contributed by atoms with Gasteiger partial charge in [0.25, 0.3) is 0 Å². The highest BCUT2D eigenvalue weighted by atomic mass is 16.6. The number of benzene rings is 1. The van der Waals surface area contributed by atoms with Crippen LogP contribution < -0.4 is 16.0 Å². The smallest absolute Gasteiger partial charge is 0.408 e. The van der Waals surface area contributed by atoms with Crippen molar-refractivity contribution in [3.8, 4) is 0 Å². The van der Waals surface area contributed by atoms with Crippen LogP contribution in [0.3, 0.4) is 0 Å². The second-order valence-corrected chi connectivity index (χ2v) is 10.9. The fourth-order valence-electron chi connectivity index (χ4n) is 4.74. The number of aromatic amines is 1. The molecule has 3 amide bonds. The normalized spacial score (nSPS) is 16.6. The Hall–Kier alpha value is -3.40. The van der Waals surface area contributed by atoms with Crippen molar-refractivity contribution in [3.05, 3.63) is 54.1 Å². The summed E-state index contributed by atoms with van der Waals surface area (Å²) in [6.07, 6.45) is 7.95. The number of amides is 3. The molecule has 1 aromatic heterocycles. The molecule has 3 rings (SSSR count). The largest absolute Gasteiger partial charge is 0.444 e. The molecule has 0 spiro atoms. The van der Waals surface area contributed by atoms with Gasteiger partial charge in [0, 0.05) is 18.8 Å². The number of carbonyl (C=O) groups excluding carboxylic acids is 3. The Morgan fingerprint density at radius 2 is 1.82 bits per heavy atom. The van der Waals surface area contributed by atoms with Gasteiger partial charge in [-0.1, -0.05) is 62.4 Å². The molecule has 1 aliphatic carbocycles. The fourth-order valence-corrected chi connectivity index (χ4v) is 4.74. The molecule has 1 aromatic carbocycles. The number of alkyl carbamates (subject to hydrolysis) is 1. The fraction of sp³-hybridized carbons (Fsp3) is 0.571. The van der Waals surface area contributed by atoms with Crippen LogP contribution in [0.25, 0.3) is 0 Å². The quantitative estimate of drug-likeness (QED) is 0.304. The Morgan fingerprint density at radius 1 is 1.11 bits per heavy atom. The maximum atomic E-state index is 13.1. The lowest BCUT2D eigenvalue weighted by Gasteiger charge is -2.29. The Kier molecular flexibility index (Phi) is 10.7. The minimum atomic E-state index is -0.994. The minimum absolute atomic E-state index is 0.231.